The number of para-hydroxylation sites is 1. The number of halogens is 1. The molecule has 1 saturated carbocycles. The fourth-order valence-electron chi connectivity index (χ4n) is 3.05. The molecule has 1 aliphatic rings. The van der Waals surface area contributed by atoms with Gasteiger partial charge in [-0.25, -0.2) is 4.39 Å². The average Bonchev–Trinajstić information content (AvgIpc) is 3.35. The van der Waals surface area contributed by atoms with Gasteiger partial charge >= 0.3 is 0 Å². The Balaban J connectivity index is 1.62. The van der Waals surface area contributed by atoms with E-state index in [9.17, 15) is 14.0 Å². The van der Waals surface area contributed by atoms with Gasteiger partial charge in [0, 0.05) is 11.4 Å². The maximum absolute atomic E-state index is 13.2. The van der Waals surface area contributed by atoms with E-state index in [4.69, 9.17) is 0 Å². The Morgan fingerprint density at radius 2 is 1.62 bits per heavy atom. The van der Waals surface area contributed by atoms with Crippen molar-refractivity contribution in [2.75, 3.05) is 10.6 Å². The van der Waals surface area contributed by atoms with Crippen molar-refractivity contribution in [3.8, 4) is 0 Å². The van der Waals surface area contributed by atoms with E-state index >= 15 is 0 Å². The van der Waals surface area contributed by atoms with Crippen LogP contribution >= 0.6 is 0 Å². The molecule has 2 aromatic carbocycles. The minimum atomic E-state index is -0.410. The molecule has 0 aliphatic heterocycles. The van der Waals surface area contributed by atoms with E-state index in [0.717, 1.165) is 11.3 Å². The van der Waals surface area contributed by atoms with Crippen LogP contribution in [-0.4, -0.2) is 11.8 Å². The third-order valence-electron chi connectivity index (χ3n) is 4.55. The summed E-state index contributed by atoms with van der Waals surface area (Å²) in [5.74, 6) is -1.54. The molecule has 4 nitrogen and oxygen atoms in total. The van der Waals surface area contributed by atoms with Crippen LogP contribution in [0.15, 0.2) is 48.5 Å². The molecule has 2 N–H and O–H groups in total. The monoisotopic (exact) mass is 354 g/mol. The summed E-state index contributed by atoms with van der Waals surface area (Å²) >= 11 is 0. The molecule has 2 aromatic rings. The maximum atomic E-state index is 13.2. The summed E-state index contributed by atoms with van der Waals surface area (Å²) in [6, 6.07) is 13.4. The second-order valence-electron chi connectivity index (χ2n) is 7.73. The zero-order chi connectivity index (χ0) is 18.9. The summed E-state index contributed by atoms with van der Waals surface area (Å²) in [6.45, 7) is 6.26. The third kappa shape index (κ3) is 4.10. The largest absolute Gasteiger partial charge is 0.326 e. The molecule has 3 rings (SSSR count). The van der Waals surface area contributed by atoms with Gasteiger partial charge in [0.25, 0.3) is 0 Å². The van der Waals surface area contributed by atoms with E-state index in [0.29, 0.717) is 12.1 Å². The minimum Gasteiger partial charge on any atom is -0.326 e. The molecular weight excluding hydrogens is 331 g/mol. The van der Waals surface area contributed by atoms with Gasteiger partial charge in [-0.15, -0.1) is 0 Å². The Morgan fingerprint density at radius 1 is 0.962 bits per heavy atom. The zero-order valence-electron chi connectivity index (χ0n) is 15.2. The quantitative estimate of drug-likeness (QED) is 0.858. The minimum absolute atomic E-state index is 0.0957. The van der Waals surface area contributed by atoms with Crippen molar-refractivity contribution in [1.29, 1.82) is 0 Å². The maximum Gasteiger partial charge on any atom is 0.228 e. The van der Waals surface area contributed by atoms with Crippen molar-refractivity contribution in [3.63, 3.8) is 0 Å². The summed E-state index contributed by atoms with van der Waals surface area (Å²) in [6.07, 6.45) is 0.505. The van der Waals surface area contributed by atoms with Gasteiger partial charge in [0.05, 0.1) is 11.8 Å². The van der Waals surface area contributed by atoms with Crippen molar-refractivity contribution in [2.45, 2.75) is 32.6 Å². The molecule has 2 atom stereocenters. The van der Waals surface area contributed by atoms with Crippen LogP contribution in [-0.2, 0) is 15.0 Å². The van der Waals surface area contributed by atoms with Crippen molar-refractivity contribution < 1.29 is 14.0 Å². The first kappa shape index (κ1) is 18.1. The van der Waals surface area contributed by atoms with Crippen LogP contribution in [0.2, 0.25) is 0 Å². The lowest BCUT2D eigenvalue weighted by Gasteiger charge is -2.23. The van der Waals surface area contributed by atoms with Crippen molar-refractivity contribution in [3.05, 3.63) is 59.9 Å². The number of hydrogen-bond donors (Lipinski definition) is 2. The molecule has 1 fully saturated rings. The van der Waals surface area contributed by atoms with Gasteiger partial charge in [-0.1, -0.05) is 45.0 Å². The topological polar surface area (TPSA) is 58.2 Å². The first-order chi connectivity index (χ1) is 12.3. The van der Waals surface area contributed by atoms with Crippen LogP contribution in [0.3, 0.4) is 0 Å². The zero-order valence-corrected chi connectivity index (χ0v) is 15.2. The summed E-state index contributed by atoms with van der Waals surface area (Å²) in [4.78, 5) is 24.8. The highest BCUT2D eigenvalue weighted by Gasteiger charge is 2.48. The lowest BCUT2D eigenvalue weighted by Crippen LogP contribution is -2.22. The molecule has 5 heteroatoms. The average molecular weight is 354 g/mol. The molecule has 0 radical (unpaired) electrons. The predicted molar refractivity (Wildman–Crippen MR) is 100 cm³/mol. The standard InChI is InChI=1S/C21H23FN2O2/c1-21(2,3)17-9-4-5-10-18(17)24-20(26)16-12-15(16)19(25)23-14-8-6-7-13(22)11-14/h4-11,15-16H,12H2,1-3H3,(H,23,25)(H,24,26). The molecule has 0 spiro atoms. The third-order valence-corrected chi connectivity index (χ3v) is 4.55. The van der Waals surface area contributed by atoms with Gasteiger partial charge in [-0.2, -0.15) is 0 Å². The molecule has 0 saturated heterocycles. The molecule has 0 bridgehead atoms. The number of benzene rings is 2. The van der Waals surface area contributed by atoms with Gasteiger partial charge in [-0.05, 0) is 41.7 Å². The SMILES string of the molecule is CC(C)(C)c1ccccc1NC(=O)C1CC1C(=O)Nc1cccc(F)c1. The van der Waals surface area contributed by atoms with E-state index in [2.05, 4.69) is 31.4 Å². The molecule has 1 aliphatic carbocycles. The molecule has 2 unspecified atom stereocenters. The van der Waals surface area contributed by atoms with Gasteiger partial charge < -0.3 is 10.6 Å². The molecular formula is C21H23FN2O2. The highest BCUT2D eigenvalue weighted by Crippen LogP contribution is 2.41. The van der Waals surface area contributed by atoms with Crippen molar-refractivity contribution >= 4 is 23.2 Å². The van der Waals surface area contributed by atoms with Gasteiger partial charge in [0.1, 0.15) is 5.82 Å². The number of hydrogen-bond acceptors (Lipinski definition) is 2. The Hall–Kier alpha value is -2.69. The van der Waals surface area contributed by atoms with E-state index in [1.54, 1.807) is 6.07 Å². The second-order valence-corrected chi connectivity index (χ2v) is 7.73. The van der Waals surface area contributed by atoms with Crippen LogP contribution in [0, 0.1) is 17.7 Å². The van der Waals surface area contributed by atoms with E-state index in [1.165, 1.54) is 18.2 Å². The summed E-state index contributed by atoms with van der Waals surface area (Å²) in [7, 11) is 0. The summed E-state index contributed by atoms with van der Waals surface area (Å²) in [5.41, 5.74) is 2.14. The molecule has 0 heterocycles. The Morgan fingerprint density at radius 3 is 2.27 bits per heavy atom. The van der Waals surface area contributed by atoms with Crippen LogP contribution in [0.5, 0.6) is 0 Å². The highest BCUT2D eigenvalue weighted by atomic mass is 19.1. The van der Waals surface area contributed by atoms with E-state index in [1.807, 2.05) is 24.3 Å². The summed E-state index contributed by atoms with van der Waals surface area (Å²) in [5, 5.41) is 5.63. The molecule has 136 valence electrons. The number of amides is 2. The van der Waals surface area contributed by atoms with Crippen LogP contribution in [0.25, 0.3) is 0 Å². The smallest absolute Gasteiger partial charge is 0.228 e. The number of nitrogens with one attached hydrogen (secondary N) is 2. The lowest BCUT2D eigenvalue weighted by molar-refractivity contribution is -0.122. The van der Waals surface area contributed by atoms with Crippen LogP contribution < -0.4 is 10.6 Å². The Labute approximate surface area is 152 Å². The van der Waals surface area contributed by atoms with Crippen molar-refractivity contribution in [1.82, 2.24) is 0 Å². The number of anilines is 2. The first-order valence-electron chi connectivity index (χ1n) is 8.72. The number of rotatable bonds is 4. The summed E-state index contributed by atoms with van der Waals surface area (Å²) < 4.78 is 13.2. The fourth-order valence-corrected chi connectivity index (χ4v) is 3.05. The van der Waals surface area contributed by atoms with Gasteiger partial charge in [0.2, 0.25) is 11.8 Å². The van der Waals surface area contributed by atoms with E-state index in [-0.39, 0.29) is 29.1 Å². The Bertz CT molecular complexity index is 842. The Kier molecular flexibility index (Phi) is 4.81. The normalized spacial score (nSPS) is 18.9. The molecule has 0 aromatic heterocycles. The van der Waals surface area contributed by atoms with Crippen LogP contribution in [0.4, 0.5) is 15.8 Å². The van der Waals surface area contributed by atoms with Crippen molar-refractivity contribution in [2.24, 2.45) is 11.8 Å². The number of carbonyl (C=O) groups is 2. The van der Waals surface area contributed by atoms with Gasteiger partial charge in [0.15, 0.2) is 0 Å². The second kappa shape index (κ2) is 6.90. The van der Waals surface area contributed by atoms with Gasteiger partial charge in [-0.3, -0.25) is 9.59 Å². The van der Waals surface area contributed by atoms with E-state index < -0.39 is 5.82 Å². The lowest BCUT2D eigenvalue weighted by atomic mass is 9.86. The first-order valence-corrected chi connectivity index (χ1v) is 8.72. The highest BCUT2D eigenvalue weighted by molar-refractivity contribution is 6.03. The molecule has 2 amide bonds. The van der Waals surface area contributed by atoms with Crippen LogP contribution in [0.1, 0.15) is 32.8 Å². The fraction of sp³-hybridized carbons (Fsp3) is 0.333. The predicted octanol–water partition coefficient (Wildman–Crippen LogP) is 4.34. The molecule has 26 heavy (non-hydrogen) atoms. The number of carbonyl (C=O) groups excluding carboxylic acids is 2.